The second-order valence-corrected chi connectivity index (χ2v) is 5.85. The zero-order chi connectivity index (χ0) is 16.2. The highest BCUT2D eigenvalue weighted by atomic mass is 32.2. The molecule has 5 heteroatoms. The van der Waals surface area contributed by atoms with Crippen LogP contribution in [0.15, 0.2) is 69.0 Å². The number of hydrogen-bond donors (Lipinski definition) is 0. The molecule has 1 atom stereocenters. The lowest BCUT2D eigenvalue weighted by Crippen LogP contribution is -2.27. The van der Waals surface area contributed by atoms with E-state index in [1.807, 2.05) is 36.6 Å². The molecule has 0 bridgehead atoms. The van der Waals surface area contributed by atoms with Gasteiger partial charge in [-0.15, -0.1) is 11.8 Å². The fourth-order valence-corrected chi connectivity index (χ4v) is 2.71. The summed E-state index contributed by atoms with van der Waals surface area (Å²) in [4.78, 5) is 21.6. The number of hydrogen-bond acceptors (Lipinski definition) is 4. The zero-order valence-corrected chi connectivity index (χ0v) is 13.2. The van der Waals surface area contributed by atoms with Crippen molar-refractivity contribution in [1.29, 1.82) is 5.26 Å². The third-order valence-electron chi connectivity index (χ3n) is 3.51. The van der Waals surface area contributed by atoms with E-state index in [2.05, 4.69) is 16.1 Å². The number of rotatable bonds is 3. The molecule has 1 aromatic carbocycles. The Kier molecular flexibility index (Phi) is 4.35. The predicted octanol–water partition coefficient (Wildman–Crippen LogP) is 3.44. The summed E-state index contributed by atoms with van der Waals surface area (Å²) in [5.74, 6) is -0.535. The van der Waals surface area contributed by atoms with Gasteiger partial charge in [0, 0.05) is 4.90 Å². The molecule has 0 N–H and O–H groups in total. The van der Waals surface area contributed by atoms with Gasteiger partial charge >= 0.3 is 0 Å². The molecule has 1 aliphatic carbocycles. The first-order valence-corrected chi connectivity index (χ1v) is 8.26. The van der Waals surface area contributed by atoms with E-state index >= 15 is 0 Å². The molecule has 0 saturated heterocycles. The van der Waals surface area contributed by atoms with E-state index < -0.39 is 5.92 Å². The molecule has 23 heavy (non-hydrogen) atoms. The SMILES string of the molecule is CSc1ccc(/C=C(\C#N)C2=NC(=O)C3C=CC=CC3=N2)cc1. The van der Waals surface area contributed by atoms with Crippen LogP contribution in [0.1, 0.15) is 5.56 Å². The number of carbonyl (C=O) groups is 1. The smallest absolute Gasteiger partial charge is 0.260 e. The highest BCUT2D eigenvalue weighted by Crippen LogP contribution is 2.20. The average molecular weight is 319 g/mol. The van der Waals surface area contributed by atoms with Crippen molar-refractivity contribution in [3.63, 3.8) is 0 Å². The highest BCUT2D eigenvalue weighted by molar-refractivity contribution is 7.98. The summed E-state index contributed by atoms with van der Waals surface area (Å²) in [6.45, 7) is 0. The summed E-state index contributed by atoms with van der Waals surface area (Å²) >= 11 is 1.65. The monoisotopic (exact) mass is 319 g/mol. The second kappa shape index (κ2) is 6.59. The highest BCUT2D eigenvalue weighted by Gasteiger charge is 2.27. The minimum Gasteiger partial charge on any atom is -0.271 e. The summed E-state index contributed by atoms with van der Waals surface area (Å²) in [5.41, 5.74) is 1.78. The van der Waals surface area contributed by atoms with Crippen molar-refractivity contribution in [1.82, 2.24) is 0 Å². The minimum atomic E-state index is -0.426. The molecule has 4 nitrogen and oxygen atoms in total. The molecule has 1 aliphatic heterocycles. The number of fused-ring (bicyclic) bond motifs is 1. The maximum atomic E-state index is 12.1. The second-order valence-electron chi connectivity index (χ2n) is 4.97. The van der Waals surface area contributed by atoms with E-state index in [1.54, 1.807) is 36.1 Å². The lowest BCUT2D eigenvalue weighted by molar-refractivity contribution is -0.118. The number of aliphatic imine (C=N–C) groups is 2. The van der Waals surface area contributed by atoms with Crippen LogP contribution in [0.25, 0.3) is 6.08 Å². The van der Waals surface area contributed by atoms with Gasteiger partial charge < -0.3 is 0 Å². The summed E-state index contributed by atoms with van der Waals surface area (Å²) in [6, 6.07) is 9.90. The van der Waals surface area contributed by atoms with Gasteiger partial charge in [-0.2, -0.15) is 10.3 Å². The van der Waals surface area contributed by atoms with Gasteiger partial charge in [-0.05, 0) is 36.1 Å². The molecule has 3 rings (SSSR count). The van der Waals surface area contributed by atoms with Crippen LogP contribution in [0, 0.1) is 17.2 Å². The third kappa shape index (κ3) is 3.22. The molecule has 0 aromatic heterocycles. The van der Waals surface area contributed by atoms with E-state index in [-0.39, 0.29) is 17.3 Å². The van der Waals surface area contributed by atoms with E-state index in [0.29, 0.717) is 5.71 Å². The molecule has 0 spiro atoms. The Morgan fingerprint density at radius 2 is 2.04 bits per heavy atom. The molecule has 0 saturated carbocycles. The Bertz CT molecular complexity index is 836. The first kappa shape index (κ1) is 15.2. The molecule has 0 radical (unpaired) electrons. The van der Waals surface area contributed by atoms with Crippen molar-refractivity contribution in [2.24, 2.45) is 15.9 Å². The van der Waals surface area contributed by atoms with Gasteiger partial charge in [0.1, 0.15) is 12.0 Å². The van der Waals surface area contributed by atoms with Gasteiger partial charge in [-0.3, -0.25) is 4.79 Å². The van der Waals surface area contributed by atoms with Gasteiger partial charge in [0.2, 0.25) is 0 Å². The predicted molar refractivity (Wildman–Crippen MR) is 93.5 cm³/mol. The van der Waals surface area contributed by atoms with Crippen molar-refractivity contribution in [2.75, 3.05) is 6.26 Å². The standard InChI is InChI=1S/C18H13N3OS/c1-23-14-8-6-12(7-9-14)10-13(11-19)17-20-16-5-3-2-4-15(16)18(22)21-17/h2-10,15H,1H3/b13-10+. The lowest BCUT2D eigenvalue weighted by atomic mass is 9.96. The van der Waals surface area contributed by atoms with Crippen LogP contribution in [0.4, 0.5) is 0 Å². The molecule has 1 heterocycles. The molecule has 112 valence electrons. The van der Waals surface area contributed by atoms with E-state index in [9.17, 15) is 10.1 Å². The molecule has 0 fully saturated rings. The number of thioether (sulfide) groups is 1. The van der Waals surface area contributed by atoms with Crippen molar-refractivity contribution < 1.29 is 4.79 Å². The number of amidine groups is 1. The number of nitriles is 1. The maximum absolute atomic E-state index is 12.1. The van der Waals surface area contributed by atoms with Crippen LogP contribution < -0.4 is 0 Å². The van der Waals surface area contributed by atoms with Crippen LogP contribution in [-0.4, -0.2) is 23.7 Å². The lowest BCUT2D eigenvalue weighted by Gasteiger charge is -2.17. The Morgan fingerprint density at radius 1 is 1.26 bits per heavy atom. The van der Waals surface area contributed by atoms with Crippen LogP contribution in [-0.2, 0) is 4.79 Å². The molecule has 2 aliphatic rings. The Balaban J connectivity index is 1.95. The summed E-state index contributed by atoms with van der Waals surface area (Å²) in [5, 5.41) is 9.41. The Morgan fingerprint density at radius 3 is 2.74 bits per heavy atom. The van der Waals surface area contributed by atoms with Gasteiger partial charge in [-0.25, -0.2) is 4.99 Å². The normalized spacial score (nSPS) is 19.7. The molecule has 1 aromatic rings. The number of nitrogens with zero attached hydrogens (tertiary/aromatic N) is 3. The number of amides is 1. The van der Waals surface area contributed by atoms with Crippen LogP contribution in [0.5, 0.6) is 0 Å². The topological polar surface area (TPSA) is 65.6 Å². The molecular formula is C18H13N3OS. The first-order valence-electron chi connectivity index (χ1n) is 7.03. The van der Waals surface area contributed by atoms with Crippen LogP contribution in [0.3, 0.4) is 0 Å². The fraction of sp³-hybridized carbons (Fsp3) is 0.111. The van der Waals surface area contributed by atoms with Crippen molar-refractivity contribution in [2.45, 2.75) is 4.90 Å². The van der Waals surface area contributed by atoms with Gasteiger partial charge in [-0.1, -0.05) is 30.4 Å². The number of carbonyl (C=O) groups excluding carboxylic acids is 1. The average Bonchev–Trinajstić information content (AvgIpc) is 2.60. The fourth-order valence-electron chi connectivity index (χ4n) is 2.30. The van der Waals surface area contributed by atoms with Gasteiger partial charge in [0.05, 0.1) is 11.3 Å². The number of allylic oxidation sites excluding steroid dienone is 3. The molecule has 1 unspecified atom stereocenters. The molecule has 1 amide bonds. The number of benzene rings is 1. The minimum absolute atomic E-state index is 0.178. The summed E-state index contributed by atoms with van der Waals surface area (Å²) in [6.07, 6.45) is 10.9. The molecular weight excluding hydrogens is 306 g/mol. The third-order valence-corrected chi connectivity index (χ3v) is 4.25. The van der Waals surface area contributed by atoms with Gasteiger partial charge in [0.15, 0.2) is 5.84 Å². The maximum Gasteiger partial charge on any atom is 0.260 e. The largest absolute Gasteiger partial charge is 0.271 e. The van der Waals surface area contributed by atoms with E-state index in [0.717, 1.165) is 10.5 Å². The van der Waals surface area contributed by atoms with Gasteiger partial charge in [0.25, 0.3) is 5.91 Å². The van der Waals surface area contributed by atoms with Crippen LogP contribution >= 0.6 is 11.8 Å². The van der Waals surface area contributed by atoms with Crippen molar-refractivity contribution in [3.8, 4) is 6.07 Å². The summed E-state index contributed by atoms with van der Waals surface area (Å²) in [7, 11) is 0. The Hall–Kier alpha value is -2.71. The first-order chi connectivity index (χ1) is 11.2. The van der Waals surface area contributed by atoms with Crippen molar-refractivity contribution >= 4 is 35.3 Å². The van der Waals surface area contributed by atoms with E-state index in [1.165, 1.54) is 0 Å². The quantitative estimate of drug-likeness (QED) is 0.633. The Labute approximate surface area is 138 Å². The van der Waals surface area contributed by atoms with Crippen LogP contribution in [0.2, 0.25) is 0 Å². The summed E-state index contributed by atoms with van der Waals surface area (Å²) < 4.78 is 0. The zero-order valence-electron chi connectivity index (χ0n) is 12.4. The van der Waals surface area contributed by atoms with Crippen molar-refractivity contribution in [3.05, 3.63) is 59.7 Å². The van der Waals surface area contributed by atoms with E-state index in [4.69, 9.17) is 0 Å².